The molecule has 1 aromatic rings. The maximum absolute atomic E-state index is 11.2. The Labute approximate surface area is 78.0 Å². The lowest BCUT2D eigenvalue weighted by atomic mass is 10.3. The molecule has 0 aliphatic carbocycles. The molecule has 0 saturated heterocycles. The van der Waals surface area contributed by atoms with Crippen molar-refractivity contribution < 1.29 is 12.8 Å². The Morgan fingerprint density at radius 1 is 1.62 bits per heavy atom. The van der Waals surface area contributed by atoms with Crippen molar-refractivity contribution >= 4 is 10.0 Å². The number of hydrogen-bond donors (Lipinski definition) is 1. The summed E-state index contributed by atoms with van der Waals surface area (Å²) in [4.78, 5) is 0. The number of rotatable bonds is 4. The Hall–Kier alpha value is -0.810. The van der Waals surface area contributed by atoms with Crippen molar-refractivity contribution in [2.45, 2.75) is 19.9 Å². The normalized spacial score (nSPS) is 14.3. The van der Waals surface area contributed by atoms with Crippen LogP contribution < -0.4 is 4.72 Å². The smallest absolute Gasteiger partial charge is 0.211 e. The van der Waals surface area contributed by atoms with Crippen LogP contribution in [0, 0.1) is 0 Å². The first-order valence-electron chi connectivity index (χ1n) is 4.08. The Kier molecular flexibility index (Phi) is 3.11. The Balaban J connectivity index is 2.67. The van der Waals surface area contributed by atoms with Gasteiger partial charge < -0.3 is 4.42 Å². The molecule has 5 heteroatoms. The fourth-order valence-electron chi connectivity index (χ4n) is 0.948. The summed E-state index contributed by atoms with van der Waals surface area (Å²) in [6, 6.07) is 3.16. The monoisotopic (exact) mass is 203 g/mol. The van der Waals surface area contributed by atoms with E-state index in [-0.39, 0.29) is 11.8 Å². The van der Waals surface area contributed by atoms with Gasteiger partial charge in [-0.15, -0.1) is 0 Å². The predicted molar refractivity (Wildman–Crippen MR) is 49.7 cm³/mol. The second-order valence-electron chi connectivity index (χ2n) is 2.76. The Morgan fingerprint density at radius 3 is 2.77 bits per heavy atom. The van der Waals surface area contributed by atoms with Gasteiger partial charge in [0.25, 0.3) is 0 Å². The molecule has 1 heterocycles. The van der Waals surface area contributed by atoms with Crippen molar-refractivity contribution in [3.05, 3.63) is 24.2 Å². The summed E-state index contributed by atoms with van der Waals surface area (Å²) in [6.45, 7) is 3.34. The van der Waals surface area contributed by atoms with Crippen LogP contribution >= 0.6 is 0 Å². The maximum atomic E-state index is 11.2. The lowest BCUT2D eigenvalue weighted by molar-refractivity contribution is 0.459. The SMILES string of the molecule is CCS(=O)(=O)NC(C)c1ccco1. The first-order valence-corrected chi connectivity index (χ1v) is 5.74. The van der Waals surface area contributed by atoms with Gasteiger partial charge in [-0.2, -0.15) is 0 Å². The highest BCUT2D eigenvalue weighted by Gasteiger charge is 2.14. The second-order valence-corrected chi connectivity index (χ2v) is 4.80. The fraction of sp³-hybridized carbons (Fsp3) is 0.500. The first kappa shape index (κ1) is 10.3. The fourth-order valence-corrected chi connectivity index (χ4v) is 1.77. The van der Waals surface area contributed by atoms with Crippen LogP contribution in [0.5, 0.6) is 0 Å². The molecule has 0 fully saturated rings. The van der Waals surface area contributed by atoms with Crippen LogP contribution in [-0.2, 0) is 10.0 Å². The summed E-state index contributed by atoms with van der Waals surface area (Å²) >= 11 is 0. The predicted octanol–water partition coefficient (Wildman–Crippen LogP) is 1.28. The van der Waals surface area contributed by atoms with E-state index < -0.39 is 10.0 Å². The topological polar surface area (TPSA) is 59.3 Å². The Bertz CT molecular complexity index is 341. The van der Waals surface area contributed by atoms with Gasteiger partial charge in [0.15, 0.2) is 0 Å². The summed E-state index contributed by atoms with van der Waals surface area (Å²) in [5.41, 5.74) is 0. The van der Waals surface area contributed by atoms with Crippen LogP contribution in [0.15, 0.2) is 22.8 Å². The van der Waals surface area contributed by atoms with Gasteiger partial charge in [0.2, 0.25) is 10.0 Å². The van der Waals surface area contributed by atoms with Crippen molar-refractivity contribution in [2.75, 3.05) is 5.75 Å². The summed E-state index contributed by atoms with van der Waals surface area (Å²) in [5.74, 6) is 0.704. The quantitative estimate of drug-likeness (QED) is 0.801. The maximum Gasteiger partial charge on any atom is 0.211 e. The first-order chi connectivity index (χ1) is 6.05. The van der Waals surface area contributed by atoms with Crippen LogP contribution in [0.4, 0.5) is 0 Å². The van der Waals surface area contributed by atoms with Crippen LogP contribution in [0.1, 0.15) is 25.6 Å². The molecular formula is C8H13NO3S. The number of sulfonamides is 1. The minimum Gasteiger partial charge on any atom is -0.468 e. The van der Waals surface area contributed by atoms with Crippen LogP contribution in [0.25, 0.3) is 0 Å². The van der Waals surface area contributed by atoms with E-state index >= 15 is 0 Å². The van der Waals surface area contributed by atoms with Crippen molar-refractivity contribution in [3.63, 3.8) is 0 Å². The van der Waals surface area contributed by atoms with E-state index in [1.807, 2.05) is 0 Å². The van der Waals surface area contributed by atoms with Crippen LogP contribution in [0.2, 0.25) is 0 Å². The molecule has 0 aliphatic heterocycles. The average molecular weight is 203 g/mol. The van der Waals surface area contributed by atoms with Gasteiger partial charge in [-0.1, -0.05) is 0 Å². The largest absolute Gasteiger partial charge is 0.468 e. The van der Waals surface area contributed by atoms with E-state index in [9.17, 15) is 8.42 Å². The average Bonchev–Trinajstić information content (AvgIpc) is 2.55. The molecule has 0 bridgehead atoms. The molecule has 13 heavy (non-hydrogen) atoms. The van der Waals surface area contributed by atoms with E-state index in [1.165, 1.54) is 6.26 Å². The van der Waals surface area contributed by atoms with Gasteiger partial charge >= 0.3 is 0 Å². The Morgan fingerprint density at radius 2 is 2.31 bits per heavy atom. The van der Waals surface area contributed by atoms with E-state index in [1.54, 1.807) is 26.0 Å². The molecule has 0 amide bonds. The van der Waals surface area contributed by atoms with Gasteiger partial charge in [-0.3, -0.25) is 0 Å². The standard InChI is InChI=1S/C8H13NO3S/c1-3-13(10,11)9-7(2)8-5-4-6-12-8/h4-7,9H,3H2,1-2H3. The highest BCUT2D eigenvalue weighted by Crippen LogP contribution is 2.12. The summed E-state index contributed by atoms with van der Waals surface area (Å²) in [7, 11) is -3.15. The third-order valence-electron chi connectivity index (χ3n) is 1.71. The van der Waals surface area contributed by atoms with Gasteiger partial charge in [-0.25, -0.2) is 13.1 Å². The number of furan rings is 1. The molecular weight excluding hydrogens is 190 g/mol. The third-order valence-corrected chi connectivity index (χ3v) is 3.18. The summed E-state index contributed by atoms with van der Waals surface area (Å²) in [5, 5.41) is 0. The van der Waals surface area contributed by atoms with Crippen molar-refractivity contribution in [1.29, 1.82) is 0 Å². The van der Waals surface area contributed by atoms with E-state index in [0.717, 1.165) is 0 Å². The van der Waals surface area contributed by atoms with Gasteiger partial charge in [0.05, 0.1) is 18.1 Å². The molecule has 1 aromatic heterocycles. The number of nitrogens with one attached hydrogen (secondary N) is 1. The minimum atomic E-state index is -3.15. The molecule has 0 aromatic carbocycles. The highest BCUT2D eigenvalue weighted by atomic mass is 32.2. The van der Waals surface area contributed by atoms with Gasteiger partial charge in [0.1, 0.15) is 5.76 Å². The molecule has 1 N–H and O–H groups in total. The molecule has 4 nitrogen and oxygen atoms in total. The van der Waals surface area contributed by atoms with E-state index in [2.05, 4.69) is 4.72 Å². The van der Waals surface area contributed by atoms with Gasteiger partial charge in [0, 0.05) is 0 Å². The number of hydrogen-bond acceptors (Lipinski definition) is 3. The van der Waals surface area contributed by atoms with Crippen LogP contribution in [-0.4, -0.2) is 14.2 Å². The molecule has 0 saturated carbocycles. The molecule has 0 spiro atoms. The zero-order chi connectivity index (χ0) is 9.90. The lowest BCUT2D eigenvalue weighted by Gasteiger charge is -2.09. The molecule has 1 rings (SSSR count). The molecule has 74 valence electrons. The zero-order valence-electron chi connectivity index (χ0n) is 7.65. The second kappa shape index (κ2) is 3.93. The molecule has 1 unspecified atom stereocenters. The van der Waals surface area contributed by atoms with E-state index in [4.69, 9.17) is 4.42 Å². The molecule has 1 atom stereocenters. The zero-order valence-corrected chi connectivity index (χ0v) is 8.47. The summed E-state index contributed by atoms with van der Waals surface area (Å²) < 4.78 is 29.8. The summed E-state index contributed by atoms with van der Waals surface area (Å²) in [6.07, 6.45) is 1.52. The van der Waals surface area contributed by atoms with Crippen molar-refractivity contribution in [2.24, 2.45) is 0 Å². The highest BCUT2D eigenvalue weighted by molar-refractivity contribution is 7.89. The minimum absolute atomic E-state index is 0.0814. The van der Waals surface area contributed by atoms with Gasteiger partial charge in [-0.05, 0) is 26.0 Å². The van der Waals surface area contributed by atoms with Crippen molar-refractivity contribution in [3.8, 4) is 0 Å². The van der Waals surface area contributed by atoms with Crippen LogP contribution in [0.3, 0.4) is 0 Å². The molecule has 0 aliphatic rings. The van der Waals surface area contributed by atoms with Crippen molar-refractivity contribution in [1.82, 2.24) is 4.72 Å². The lowest BCUT2D eigenvalue weighted by Crippen LogP contribution is -2.27. The third kappa shape index (κ3) is 2.86. The van der Waals surface area contributed by atoms with E-state index in [0.29, 0.717) is 5.76 Å². The molecule has 0 radical (unpaired) electrons.